The number of hydrogen-bond donors (Lipinski definition) is 1. The topological polar surface area (TPSA) is 77.2 Å². The number of carboxylic acid groups (broad SMARTS) is 1. The van der Waals surface area contributed by atoms with E-state index in [1.165, 1.54) is 7.11 Å². The molecule has 100 valence electrons. The summed E-state index contributed by atoms with van der Waals surface area (Å²) in [5.74, 6) is -1.09. The zero-order valence-electron chi connectivity index (χ0n) is 10.8. The van der Waals surface area contributed by atoms with E-state index in [1.807, 2.05) is 31.2 Å². The number of aromatic nitrogens is 3. The summed E-state index contributed by atoms with van der Waals surface area (Å²) in [6, 6.07) is 7.88. The van der Waals surface area contributed by atoms with Crippen LogP contribution in [0.25, 0.3) is 0 Å². The van der Waals surface area contributed by atoms with Gasteiger partial charge in [0.2, 0.25) is 0 Å². The number of rotatable bonds is 5. The van der Waals surface area contributed by atoms with Crippen molar-refractivity contribution in [2.45, 2.75) is 20.1 Å². The predicted molar refractivity (Wildman–Crippen MR) is 68.0 cm³/mol. The summed E-state index contributed by atoms with van der Waals surface area (Å²) in [6.07, 6.45) is 0. The van der Waals surface area contributed by atoms with Gasteiger partial charge in [-0.25, -0.2) is 9.48 Å². The second-order valence-corrected chi connectivity index (χ2v) is 4.21. The van der Waals surface area contributed by atoms with Crippen molar-refractivity contribution in [2.24, 2.45) is 0 Å². The van der Waals surface area contributed by atoms with Gasteiger partial charge in [-0.1, -0.05) is 29.5 Å². The molecule has 0 radical (unpaired) electrons. The number of aryl methyl sites for hydroxylation is 1. The molecule has 0 aliphatic rings. The monoisotopic (exact) mass is 261 g/mol. The Bertz CT molecular complexity index is 593. The minimum atomic E-state index is -1.09. The Labute approximate surface area is 110 Å². The Morgan fingerprint density at radius 3 is 2.79 bits per heavy atom. The molecule has 0 saturated carbocycles. The average Bonchev–Trinajstić information content (AvgIpc) is 2.76. The number of nitrogens with zero attached hydrogens (tertiary/aromatic N) is 3. The number of aromatic carboxylic acids is 1. The number of methoxy groups -OCH3 is 1. The van der Waals surface area contributed by atoms with E-state index < -0.39 is 5.97 Å². The fourth-order valence-corrected chi connectivity index (χ4v) is 1.85. The normalized spacial score (nSPS) is 10.6. The first-order valence-electron chi connectivity index (χ1n) is 5.82. The van der Waals surface area contributed by atoms with E-state index in [0.29, 0.717) is 12.2 Å². The molecule has 2 rings (SSSR count). The van der Waals surface area contributed by atoms with Gasteiger partial charge in [-0.15, -0.1) is 5.10 Å². The molecule has 0 bridgehead atoms. The summed E-state index contributed by atoms with van der Waals surface area (Å²) >= 11 is 0. The minimum absolute atomic E-state index is 0.0598. The maximum absolute atomic E-state index is 11.1. The third-order valence-corrected chi connectivity index (χ3v) is 2.90. The van der Waals surface area contributed by atoms with Crippen molar-refractivity contribution in [2.75, 3.05) is 7.11 Å². The van der Waals surface area contributed by atoms with Crippen LogP contribution in [0.2, 0.25) is 0 Å². The summed E-state index contributed by atoms with van der Waals surface area (Å²) in [7, 11) is 1.51. The van der Waals surface area contributed by atoms with Crippen LogP contribution in [0.3, 0.4) is 0 Å². The van der Waals surface area contributed by atoms with E-state index in [9.17, 15) is 4.79 Å². The smallest absolute Gasteiger partial charge is 0.358 e. The highest BCUT2D eigenvalue weighted by Crippen LogP contribution is 2.13. The molecular formula is C13H15N3O3. The molecule has 0 aliphatic carbocycles. The number of carboxylic acids is 1. The molecule has 6 nitrogen and oxygen atoms in total. The Hall–Kier alpha value is -2.21. The van der Waals surface area contributed by atoms with Gasteiger partial charge in [0.1, 0.15) is 0 Å². The van der Waals surface area contributed by atoms with Crippen LogP contribution in [-0.2, 0) is 17.9 Å². The van der Waals surface area contributed by atoms with E-state index in [0.717, 1.165) is 11.1 Å². The fourth-order valence-electron chi connectivity index (χ4n) is 1.85. The molecule has 1 N–H and O–H groups in total. The van der Waals surface area contributed by atoms with Gasteiger partial charge in [-0.2, -0.15) is 0 Å². The second-order valence-electron chi connectivity index (χ2n) is 4.21. The largest absolute Gasteiger partial charge is 0.476 e. The summed E-state index contributed by atoms with van der Waals surface area (Å²) in [5, 5.41) is 16.6. The number of carbonyl (C=O) groups is 1. The zero-order chi connectivity index (χ0) is 13.8. The SMILES string of the molecule is COCc1c(C(=O)O)nnn1Cc1ccccc1C. The van der Waals surface area contributed by atoms with Gasteiger partial charge in [0.25, 0.3) is 0 Å². The standard InChI is InChI=1S/C13H15N3O3/c1-9-5-3-4-6-10(9)7-16-11(8-19-2)12(13(17)18)14-15-16/h3-6H,7-8H2,1-2H3,(H,17,18). The second kappa shape index (κ2) is 5.62. The highest BCUT2D eigenvalue weighted by Gasteiger charge is 2.19. The molecule has 0 amide bonds. The molecule has 0 fully saturated rings. The van der Waals surface area contributed by atoms with Crippen molar-refractivity contribution in [1.29, 1.82) is 0 Å². The average molecular weight is 261 g/mol. The number of benzene rings is 1. The molecule has 0 atom stereocenters. The Morgan fingerprint density at radius 1 is 1.42 bits per heavy atom. The lowest BCUT2D eigenvalue weighted by molar-refractivity contribution is 0.0684. The summed E-state index contributed by atoms with van der Waals surface area (Å²) in [5.41, 5.74) is 2.61. The van der Waals surface area contributed by atoms with Crippen LogP contribution in [0.15, 0.2) is 24.3 Å². The highest BCUT2D eigenvalue weighted by atomic mass is 16.5. The molecule has 1 heterocycles. The van der Waals surface area contributed by atoms with E-state index >= 15 is 0 Å². The van der Waals surface area contributed by atoms with Crippen LogP contribution in [0.4, 0.5) is 0 Å². The van der Waals surface area contributed by atoms with Crippen molar-refractivity contribution >= 4 is 5.97 Å². The Kier molecular flexibility index (Phi) is 3.91. The van der Waals surface area contributed by atoms with Crippen LogP contribution in [0, 0.1) is 6.92 Å². The quantitative estimate of drug-likeness (QED) is 0.882. The van der Waals surface area contributed by atoms with E-state index in [4.69, 9.17) is 9.84 Å². The molecule has 2 aromatic rings. The summed E-state index contributed by atoms with van der Waals surface area (Å²) in [6.45, 7) is 2.65. The first kappa shape index (κ1) is 13.2. The lowest BCUT2D eigenvalue weighted by Crippen LogP contribution is -2.11. The fraction of sp³-hybridized carbons (Fsp3) is 0.308. The number of ether oxygens (including phenoxy) is 1. The lowest BCUT2D eigenvalue weighted by atomic mass is 10.1. The van der Waals surface area contributed by atoms with Gasteiger partial charge in [-0.3, -0.25) is 0 Å². The molecule has 1 aromatic heterocycles. The minimum Gasteiger partial charge on any atom is -0.476 e. The van der Waals surface area contributed by atoms with E-state index in [1.54, 1.807) is 4.68 Å². The van der Waals surface area contributed by atoms with E-state index in [-0.39, 0.29) is 12.3 Å². The first-order valence-corrected chi connectivity index (χ1v) is 5.82. The Balaban J connectivity index is 2.35. The van der Waals surface area contributed by atoms with Crippen LogP contribution < -0.4 is 0 Å². The van der Waals surface area contributed by atoms with Crippen LogP contribution >= 0.6 is 0 Å². The van der Waals surface area contributed by atoms with Gasteiger partial charge in [0.05, 0.1) is 18.8 Å². The lowest BCUT2D eigenvalue weighted by Gasteiger charge is -2.08. The van der Waals surface area contributed by atoms with Crippen molar-refractivity contribution in [3.05, 3.63) is 46.8 Å². The third kappa shape index (κ3) is 2.79. The zero-order valence-corrected chi connectivity index (χ0v) is 10.8. The molecule has 19 heavy (non-hydrogen) atoms. The summed E-state index contributed by atoms with van der Waals surface area (Å²) in [4.78, 5) is 11.1. The van der Waals surface area contributed by atoms with Gasteiger partial charge < -0.3 is 9.84 Å². The van der Waals surface area contributed by atoms with Crippen molar-refractivity contribution in [1.82, 2.24) is 15.0 Å². The van der Waals surface area contributed by atoms with Crippen molar-refractivity contribution < 1.29 is 14.6 Å². The van der Waals surface area contributed by atoms with Gasteiger partial charge in [0.15, 0.2) is 5.69 Å². The van der Waals surface area contributed by atoms with Crippen molar-refractivity contribution in [3.8, 4) is 0 Å². The maximum Gasteiger partial charge on any atom is 0.358 e. The molecule has 0 aliphatic heterocycles. The van der Waals surface area contributed by atoms with Crippen LogP contribution in [-0.4, -0.2) is 33.2 Å². The van der Waals surface area contributed by atoms with Crippen molar-refractivity contribution in [3.63, 3.8) is 0 Å². The third-order valence-electron chi connectivity index (χ3n) is 2.90. The van der Waals surface area contributed by atoms with Gasteiger partial charge >= 0.3 is 5.97 Å². The molecule has 6 heteroatoms. The summed E-state index contributed by atoms with van der Waals surface area (Å²) < 4.78 is 6.59. The first-order chi connectivity index (χ1) is 9.13. The Morgan fingerprint density at radius 2 is 2.16 bits per heavy atom. The molecule has 0 saturated heterocycles. The van der Waals surface area contributed by atoms with Crippen LogP contribution in [0.5, 0.6) is 0 Å². The maximum atomic E-state index is 11.1. The predicted octanol–water partition coefficient (Wildman–Crippen LogP) is 1.48. The molecule has 0 unspecified atom stereocenters. The number of hydrogen-bond acceptors (Lipinski definition) is 4. The van der Waals surface area contributed by atoms with Gasteiger partial charge in [-0.05, 0) is 18.1 Å². The molecule has 0 spiro atoms. The van der Waals surface area contributed by atoms with E-state index in [2.05, 4.69) is 10.3 Å². The molecular weight excluding hydrogens is 246 g/mol. The van der Waals surface area contributed by atoms with Crippen LogP contribution in [0.1, 0.15) is 27.3 Å². The highest BCUT2D eigenvalue weighted by molar-refractivity contribution is 5.86. The van der Waals surface area contributed by atoms with Gasteiger partial charge in [0, 0.05) is 7.11 Å². The molecule has 1 aromatic carbocycles.